The Hall–Kier alpha value is -0.480. The van der Waals surface area contributed by atoms with E-state index in [9.17, 15) is 9.59 Å². The highest BCUT2D eigenvalue weighted by Crippen LogP contribution is 2.36. The summed E-state index contributed by atoms with van der Waals surface area (Å²) >= 11 is 11.6. The summed E-state index contributed by atoms with van der Waals surface area (Å²) in [6.45, 7) is 0. The van der Waals surface area contributed by atoms with Crippen LogP contribution in [0.4, 0.5) is 0 Å². The molecule has 1 aliphatic carbocycles. The van der Waals surface area contributed by atoms with E-state index in [1.165, 1.54) is 0 Å². The maximum Gasteiger partial charge on any atom is 0.307 e. The molecule has 0 saturated heterocycles. The molecule has 0 heterocycles. The Morgan fingerprint density at radius 3 is 1.43 bits per heavy atom. The maximum atomic E-state index is 10.8. The molecule has 1 rings (SSSR count). The third-order valence-corrected chi connectivity index (χ3v) is 3.56. The van der Waals surface area contributed by atoms with Crippen molar-refractivity contribution in [2.45, 2.75) is 23.6 Å². The summed E-state index contributed by atoms with van der Waals surface area (Å²) in [5, 5.41) is 16.7. The molecule has 4 atom stereocenters. The van der Waals surface area contributed by atoms with E-state index in [1.807, 2.05) is 0 Å². The lowest BCUT2D eigenvalue weighted by molar-refractivity contribution is -0.155. The molecular formula is C8H10Cl2O4. The van der Waals surface area contributed by atoms with Gasteiger partial charge < -0.3 is 10.2 Å². The van der Waals surface area contributed by atoms with Gasteiger partial charge in [0.15, 0.2) is 0 Å². The van der Waals surface area contributed by atoms with E-state index < -0.39 is 34.5 Å². The van der Waals surface area contributed by atoms with E-state index in [0.29, 0.717) is 0 Å². The van der Waals surface area contributed by atoms with Crippen LogP contribution in [0.5, 0.6) is 0 Å². The summed E-state index contributed by atoms with van der Waals surface area (Å²) < 4.78 is 0. The lowest BCUT2D eigenvalue weighted by atomic mass is 9.79. The molecule has 6 heteroatoms. The van der Waals surface area contributed by atoms with Crippen LogP contribution in [0, 0.1) is 11.8 Å². The van der Waals surface area contributed by atoms with Crippen LogP contribution in [0.3, 0.4) is 0 Å². The van der Waals surface area contributed by atoms with Crippen LogP contribution < -0.4 is 0 Å². The molecule has 14 heavy (non-hydrogen) atoms. The van der Waals surface area contributed by atoms with Crippen molar-refractivity contribution in [3.63, 3.8) is 0 Å². The van der Waals surface area contributed by atoms with E-state index in [0.717, 1.165) is 0 Å². The first-order chi connectivity index (χ1) is 6.43. The Kier molecular flexibility index (Phi) is 3.61. The maximum absolute atomic E-state index is 10.8. The minimum Gasteiger partial charge on any atom is -0.481 e. The van der Waals surface area contributed by atoms with Crippen molar-refractivity contribution in [2.24, 2.45) is 11.8 Å². The topological polar surface area (TPSA) is 74.6 Å². The number of halogens is 2. The van der Waals surface area contributed by atoms with Crippen LogP contribution in [-0.4, -0.2) is 32.9 Å². The fourth-order valence-electron chi connectivity index (χ4n) is 1.65. The van der Waals surface area contributed by atoms with Gasteiger partial charge in [0, 0.05) is 0 Å². The largest absolute Gasteiger partial charge is 0.481 e. The molecule has 0 aliphatic heterocycles. The number of rotatable bonds is 2. The summed E-state index contributed by atoms with van der Waals surface area (Å²) in [7, 11) is 0. The third-order valence-electron chi connectivity index (χ3n) is 2.47. The molecular weight excluding hydrogens is 231 g/mol. The van der Waals surface area contributed by atoms with Gasteiger partial charge in [-0.25, -0.2) is 0 Å². The van der Waals surface area contributed by atoms with Gasteiger partial charge in [-0.15, -0.1) is 23.2 Å². The first-order valence-electron chi connectivity index (χ1n) is 4.17. The zero-order chi connectivity index (χ0) is 10.9. The van der Waals surface area contributed by atoms with E-state index in [4.69, 9.17) is 33.4 Å². The van der Waals surface area contributed by atoms with E-state index in [-0.39, 0.29) is 12.8 Å². The Morgan fingerprint density at radius 2 is 1.21 bits per heavy atom. The fraction of sp³-hybridized carbons (Fsp3) is 0.750. The summed E-state index contributed by atoms with van der Waals surface area (Å²) in [6, 6.07) is 0. The quantitative estimate of drug-likeness (QED) is 0.716. The van der Waals surface area contributed by atoms with Crippen LogP contribution in [0.25, 0.3) is 0 Å². The molecule has 0 bridgehead atoms. The highest BCUT2D eigenvalue weighted by atomic mass is 35.5. The third kappa shape index (κ3) is 2.30. The van der Waals surface area contributed by atoms with Gasteiger partial charge in [-0.1, -0.05) is 0 Å². The molecule has 1 aliphatic rings. The van der Waals surface area contributed by atoms with Crippen molar-refractivity contribution in [2.75, 3.05) is 0 Å². The predicted octanol–water partition coefficient (Wildman–Crippen LogP) is 1.40. The van der Waals surface area contributed by atoms with Crippen molar-refractivity contribution in [1.29, 1.82) is 0 Å². The summed E-state index contributed by atoms with van der Waals surface area (Å²) in [5.41, 5.74) is 0. The number of carboxylic acid groups (broad SMARTS) is 2. The van der Waals surface area contributed by atoms with Gasteiger partial charge in [0.2, 0.25) is 0 Å². The van der Waals surface area contributed by atoms with Gasteiger partial charge in [0.1, 0.15) is 0 Å². The zero-order valence-electron chi connectivity index (χ0n) is 7.19. The minimum atomic E-state index is -1.12. The second-order valence-corrected chi connectivity index (χ2v) is 4.51. The van der Waals surface area contributed by atoms with Gasteiger partial charge >= 0.3 is 11.9 Å². The molecule has 1 saturated carbocycles. The molecule has 4 nitrogen and oxygen atoms in total. The Labute approximate surface area is 90.8 Å². The van der Waals surface area contributed by atoms with Crippen LogP contribution in [0.15, 0.2) is 0 Å². The van der Waals surface area contributed by atoms with Gasteiger partial charge in [0.05, 0.1) is 22.6 Å². The number of aliphatic carboxylic acids is 2. The van der Waals surface area contributed by atoms with E-state index in [1.54, 1.807) is 0 Å². The molecule has 1 fully saturated rings. The van der Waals surface area contributed by atoms with Crippen molar-refractivity contribution in [1.82, 2.24) is 0 Å². The highest BCUT2D eigenvalue weighted by Gasteiger charge is 2.42. The number of carboxylic acids is 2. The average molecular weight is 241 g/mol. The number of hydrogen-bond donors (Lipinski definition) is 2. The summed E-state index contributed by atoms with van der Waals surface area (Å²) in [5.74, 6) is -4.09. The molecule has 0 amide bonds. The summed E-state index contributed by atoms with van der Waals surface area (Å²) in [4.78, 5) is 21.5. The molecule has 0 aromatic carbocycles. The monoisotopic (exact) mass is 240 g/mol. The summed E-state index contributed by atoms with van der Waals surface area (Å²) in [6.07, 6.45) is 0.226. The number of alkyl halides is 2. The lowest BCUT2D eigenvalue weighted by Gasteiger charge is -2.31. The molecule has 80 valence electrons. The fourth-order valence-corrected chi connectivity index (χ4v) is 2.24. The molecule has 2 N–H and O–H groups in total. The molecule has 0 aromatic rings. The van der Waals surface area contributed by atoms with Gasteiger partial charge in [-0.05, 0) is 12.8 Å². The van der Waals surface area contributed by atoms with Crippen LogP contribution >= 0.6 is 23.2 Å². The van der Waals surface area contributed by atoms with Crippen LogP contribution in [0.2, 0.25) is 0 Å². The van der Waals surface area contributed by atoms with Gasteiger partial charge in [0.25, 0.3) is 0 Å². The van der Waals surface area contributed by atoms with Crippen LogP contribution in [0.1, 0.15) is 12.8 Å². The number of hydrogen-bond acceptors (Lipinski definition) is 2. The number of carbonyl (C=O) groups is 2. The second kappa shape index (κ2) is 4.36. The molecule has 0 radical (unpaired) electrons. The average Bonchev–Trinajstić information content (AvgIpc) is 2.08. The minimum absolute atomic E-state index is 0.113. The van der Waals surface area contributed by atoms with Crippen molar-refractivity contribution in [3.05, 3.63) is 0 Å². The molecule has 0 unspecified atom stereocenters. The van der Waals surface area contributed by atoms with Crippen LogP contribution in [-0.2, 0) is 9.59 Å². The SMILES string of the molecule is O=C(O)[C@H]1C[C@H](Cl)[C@H](Cl)C[C@H]1C(=O)O. The lowest BCUT2D eigenvalue weighted by Crippen LogP contribution is -2.40. The zero-order valence-corrected chi connectivity index (χ0v) is 8.70. The first kappa shape index (κ1) is 11.6. The van der Waals surface area contributed by atoms with E-state index >= 15 is 0 Å². The standard InChI is InChI=1S/C8H10Cl2O4/c9-5-1-3(7(11)12)4(8(13)14)2-6(5)10/h3-6H,1-2H2,(H,11,12)(H,13,14)/t3-,4+,5-,6+. The van der Waals surface area contributed by atoms with Crippen molar-refractivity contribution < 1.29 is 19.8 Å². The Bertz CT molecular complexity index is 230. The molecule has 0 aromatic heterocycles. The van der Waals surface area contributed by atoms with Gasteiger partial charge in [-0.3, -0.25) is 9.59 Å². The Balaban J connectivity index is 2.80. The predicted molar refractivity (Wildman–Crippen MR) is 50.8 cm³/mol. The van der Waals surface area contributed by atoms with E-state index in [2.05, 4.69) is 0 Å². The molecule has 0 spiro atoms. The first-order valence-corrected chi connectivity index (χ1v) is 5.04. The van der Waals surface area contributed by atoms with Crippen molar-refractivity contribution in [3.8, 4) is 0 Å². The highest BCUT2D eigenvalue weighted by molar-refractivity contribution is 6.30. The van der Waals surface area contributed by atoms with Crippen molar-refractivity contribution >= 4 is 35.1 Å². The Morgan fingerprint density at radius 1 is 0.929 bits per heavy atom. The van der Waals surface area contributed by atoms with Gasteiger partial charge in [-0.2, -0.15) is 0 Å². The smallest absolute Gasteiger partial charge is 0.307 e. The normalized spacial score (nSPS) is 37.9. The second-order valence-electron chi connectivity index (χ2n) is 3.39.